The highest BCUT2D eigenvalue weighted by molar-refractivity contribution is 6.49. The third-order valence-corrected chi connectivity index (χ3v) is 3.71. The lowest BCUT2D eigenvalue weighted by Crippen LogP contribution is -1.94. The molecule has 0 fully saturated rings. The summed E-state index contributed by atoms with van der Waals surface area (Å²) in [4.78, 5) is 3.92. The van der Waals surface area contributed by atoms with E-state index in [9.17, 15) is 4.39 Å². The van der Waals surface area contributed by atoms with Crippen molar-refractivity contribution < 1.29 is 9.50 Å². The molecule has 18 heavy (non-hydrogen) atoms. The minimum Gasteiger partial charge on any atom is -0.392 e. The average Bonchev–Trinajstić information content (AvgIpc) is 2.37. The van der Waals surface area contributed by atoms with Gasteiger partial charge in [0.25, 0.3) is 0 Å². The summed E-state index contributed by atoms with van der Waals surface area (Å²) in [7, 11) is 0. The van der Waals surface area contributed by atoms with Crippen LogP contribution >= 0.6 is 34.8 Å². The van der Waals surface area contributed by atoms with Crippen molar-refractivity contribution in [3.05, 3.63) is 50.8 Å². The second-order valence-electron chi connectivity index (χ2n) is 3.54. The van der Waals surface area contributed by atoms with Crippen molar-refractivity contribution in [2.45, 2.75) is 6.61 Å². The molecule has 0 radical (unpaired) electrons. The maximum absolute atomic E-state index is 13.2. The fraction of sp³-hybridized carbons (Fsp3) is 0.0833. The number of hydrogen-bond acceptors (Lipinski definition) is 2. The molecule has 2 rings (SSSR count). The van der Waals surface area contributed by atoms with Crippen molar-refractivity contribution in [2.24, 2.45) is 0 Å². The molecule has 0 amide bonds. The van der Waals surface area contributed by atoms with Gasteiger partial charge in [0.05, 0.1) is 33.6 Å². The lowest BCUT2D eigenvalue weighted by molar-refractivity contribution is 0.275. The van der Waals surface area contributed by atoms with E-state index in [4.69, 9.17) is 39.9 Å². The number of halogens is 4. The molecule has 1 N–H and O–H groups in total. The normalized spacial score (nSPS) is 10.7. The fourth-order valence-electron chi connectivity index (χ4n) is 1.47. The molecule has 0 aliphatic carbocycles. The van der Waals surface area contributed by atoms with Gasteiger partial charge in [-0.25, -0.2) is 4.39 Å². The zero-order valence-electron chi connectivity index (χ0n) is 8.92. The Hall–Kier alpha value is -0.870. The van der Waals surface area contributed by atoms with Gasteiger partial charge in [0.2, 0.25) is 0 Å². The van der Waals surface area contributed by atoms with E-state index < -0.39 is 12.4 Å². The van der Waals surface area contributed by atoms with Crippen LogP contribution in [0.4, 0.5) is 4.39 Å². The van der Waals surface area contributed by atoms with Crippen molar-refractivity contribution in [1.82, 2.24) is 4.98 Å². The molecule has 0 saturated heterocycles. The Morgan fingerprint density at radius 2 is 1.89 bits per heavy atom. The molecule has 94 valence electrons. The van der Waals surface area contributed by atoms with Crippen molar-refractivity contribution in [3.63, 3.8) is 0 Å². The second kappa shape index (κ2) is 5.41. The first-order valence-corrected chi connectivity index (χ1v) is 6.07. The number of benzene rings is 1. The molecule has 0 spiro atoms. The lowest BCUT2D eigenvalue weighted by Gasteiger charge is -2.08. The Morgan fingerprint density at radius 1 is 1.17 bits per heavy atom. The Bertz CT molecular complexity index is 604. The van der Waals surface area contributed by atoms with Gasteiger partial charge in [0, 0.05) is 11.1 Å². The van der Waals surface area contributed by atoms with Crippen LogP contribution in [-0.4, -0.2) is 10.1 Å². The first-order chi connectivity index (χ1) is 8.54. The minimum absolute atomic E-state index is 0.141. The quantitative estimate of drug-likeness (QED) is 0.837. The number of rotatable bonds is 2. The summed E-state index contributed by atoms with van der Waals surface area (Å²) in [5, 5.41) is 9.80. The summed E-state index contributed by atoms with van der Waals surface area (Å²) in [6, 6.07) is 4.63. The number of hydrogen-bond donors (Lipinski definition) is 1. The van der Waals surface area contributed by atoms with Gasteiger partial charge < -0.3 is 5.11 Å². The van der Waals surface area contributed by atoms with E-state index in [-0.39, 0.29) is 15.6 Å². The minimum atomic E-state index is -0.572. The standard InChI is InChI=1S/C12H7Cl3FNO/c13-8-2-1-7(11(14)12(8)15)10-3-6(5-18)9(16)4-17-10/h1-4,18H,5H2. The second-order valence-corrected chi connectivity index (χ2v) is 4.71. The number of aliphatic hydroxyl groups excluding tert-OH is 1. The summed E-state index contributed by atoms with van der Waals surface area (Å²) >= 11 is 17.8. The van der Waals surface area contributed by atoms with Crippen LogP contribution in [0, 0.1) is 5.82 Å². The molecule has 6 heteroatoms. The Balaban J connectivity index is 2.59. The molecular formula is C12H7Cl3FNO. The molecule has 0 aliphatic heterocycles. The maximum Gasteiger partial charge on any atom is 0.147 e. The van der Waals surface area contributed by atoms with Crippen LogP contribution in [-0.2, 0) is 6.61 Å². The molecule has 2 nitrogen and oxygen atoms in total. The predicted octanol–water partition coefficient (Wildman–Crippen LogP) is 4.34. The maximum atomic E-state index is 13.2. The van der Waals surface area contributed by atoms with Gasteiger partial charge in [-0.3, -0.25) is 4.98 Å². The molecule has 1 heterocycles. The van der Waals surface area contributed by atoms with E-state index in [0.29, 0.717) is 16.3 Å². The zero-order chi connectivity index (χ0) is 13.3. The van der Waals surface area contributed by atoms with Gasteiger partial charge in [0.1, 0.15) is 5.82 Å². The summed E-state index contributed by atoms with van der Waals surface area (Å²) in [5.74, 6) is -0.572. The Labute approximate surface area is 118 Å². The van der Waals surface area contributed by atoms with Gasteiger partial charge in [-0.15, -0.1) is 0 Å². The first-order valence-electron chi connectivity index (χ1n) is 4.93. The molecule has 0 saturated carbocycles. The van der Waals surface area contributed by atoms with Crippen molar-refractivity contribution in [2.75, 3.05) is 0 Å². The number of aromatic nitrogens is 1. The molecule has 1 aromatic carbocycles. The SMILES string of the molecule is OCc1cc(-c2ccc(Cl)c(Cl)c2Cl)ncc1F. The van der Waals surface area contributed by atoms with Gasteiger partial charge in [0.15, 0.2) is 0 Å². The van der Waals surface area contributed by atoms with E-state index in [0.717, 1.165) is 6.20 Å². The zero-order valence-corrected chi connectivity index (χ0v) is 11.2. The third-order valence-electron chi connectivity index (χ3n) is 2.42. The molecule has 0 bridgehead atoms. The van der Waals surface area contributed by atoms with Gasteiger partial charge in [-0.05, 0) is 18.2 Å². The average molecular weight is 307 g/mol. The fourth-order valence-corrected chi connectivity index (χ4v) is 2.10. The molecule has 0 aliphatic rings. The summed E-state index contributed by atoms with van der Waals surface area (Å²) in [6.07, 6.45) is 1.03. The molecule has 0 atom stereocenters. The summed E-state index contributed by atoms with van der Waals surface area (Å²) in [5.41, 5.74) is 1.09. The van der Waals surface area contributed by atoms with Crippen molar-refractivity contribution >= 4 is 34.8 Å². The van der Waals surface area contributed by atoms with Crippen LogP contribution < -0.4 is 0 Å². The van der Waals surface area contributed by atoms with Crippen LogP contribution in [0.25, 0.3) is 11.3 Å². The van der Waals surface area contributed by atoms with Crippen molar-refractivity contribution in [3.8, 4) is 11.3 Å². The van der Waals surface area contributed by atoms with Gasteiger partial charge in [-0.2, -0.15) is 0 Å². The topological polar surface area (TPSA) is 33.1 Å². The van der Waals surface area contributed by atoms with E-state index in [1.807, 2.05) is 0 Å². The highest BCUT2D eigenvalue weighted by Gasteiger charge is 2.13. The van der Waals surface area contributed by atoms with E-state index >= 15 is 0 Å². The van der Waals surface area contributed by atoms with Crippen LogP contribution in [0.5, 0.6) is 0 Å². The number of aliphatic hydroxyl groups is 1. The third kappa shape index (κ3) is 2.45. The van der Waals surface area contributed by atoms with E-state index in [2.05, 4.69) is 4.98 Å². The van der Waals surface area contributed by atoms with E-state index in [1.165, 1.54) is 6.07 Å². The van der Waals surface area contributed by atoms with Crippen molar-refractivity contribution in [1.29, 1.82) is 0 Å². The highest BCUT2D eigenvalue weighted by atomic mass is 35.5. The Morgan fingerprint density at radius 3 is 2.56 bits per heavy atom. The summed E-state index contributed by atoms with van der Waals surface area (Å²) < 4.78 is 13.2. The molecular weight excluding hydrogens is 299 g/mol. The van der Waals surface area contributed by atoms with Crippen LogP contribution in [0.1, 0.15) is 5.56 Å². The van der Waals surface area contributed by atoms with Crippen LogP contribution in [0.3, 0.4) is 0 Å². The molecule has 1 aromatic heterocycles. The van der Waals surface area contributed by atoms with Crippen LogP contribution in [0.15, 0.2) is 24.4 Å². The first kappa shape index (κ1) is 13.6. The highest BCUT2D eigenvalue weighted by Crippen LogP contribution is 2.37. The number of pyridine rings is 1. The van der Waals surface area contributed by atoms with E-state index in [1.54, 1.807) is 12.1 Å². The molecule has 0 unspecified atom stereocenters. The van der Waals surface area contributed by atoms with Crippen LogP contribution in [0.2, 0.25) is 15.1 Å². The number of nitrogens with zero attached hydrogens (tertiary/aromatic N) is 1. The lowest BCUT2D eigenvalue weighted by atomic mass is 10.1. The smallest absolute Gasteiger partial charge is 0.147 e. The molecule has 2 aromatic rings. The largest absolute Gasteiger partial charge is 0.392 e. The monoisotopic (exact) mass is 305 g/mol. The van der Waals surface area contributed by atoms with Gasteiger partial charge in [-0.1, -0.05) is 34.8 Å². The predicted molar refractivity (Wildman–Crippen MR) is 70.6 cm³/mol. The van der Waals surface area contributed by atoms with Gasteiger partial charge >= 0.3 is 0 Å². The summed E-state index contributed by atoms with van der Waals surface area (Å²) in [6.45, 7) is -0.416. The Kier molecular flexibility index (Phi) is 4.07.